The standard InChI is InChI=1S/C12H14N2O/c1-10-4-2-3-5-11(10)7-9-14-12(15)6-8-13/h2-5H,6-7,9H2,1H3,(H,14,15). The first-order valence-corrected chi connectivity index (χ1v) is 4.92. The summed E-state index contributed by atoms with van der Waals surface area (Å²) < 4.78 is 0. The molecule has 0 aliphatic carbocycles. The zero-order chi connectivity index (χ0) is 11.1. The van der Waals surface area contributed by atoms with Crippen LogP contribution in [0.5, 0.6) is 0 Å². The molecule has 0 saturated heterocycles. The van der Waals surface area contributed by atoms with Crippen LogP contribution >= 0.6 is 0 Å². The lowest BCUT2D eigenvalue weighted by molar-refractivity contribution is -0.120. The van der Waals surface area contributed by atoms with E-state index >= 15 is 0 Å². The lowest BCUT2D eigenvalue weighted by atomic mass is 10.1. The summed E-state index contributed by atoms with van der Waals surface area (Å²) in [6, 6.07) is 9.89. The number of nitrogens with zero attached hydrogens (tertiary/aromatic N) is 1. The summed E-state index contributed by atoms with van der Waals surface area (Å²) in [6.45, 7) is 2.64. The van der Waals surface area contributed by atoms with E-state index in [1.165, 1.54) is 11.1 Å². The van der Waals surface area contributed by atoms with Crippen LogP contribution in [-0.4, -0.2) is 12.5 Å². The highest BCUT2D eigenvalue weighted by atomic mass is 16.1. The van der Waals surface area contributed by atoms with E-state index in [2.05, 4.69) is 5.32 Å². The zero-order valence-electron chi connectivity index (χ0n) is 8.79. The quantitative estimate of drug-likeness (QED) is 0.805. The van der Waals surface area contributed by atoms with Crippen molar-refractivity contribution in [1.29, 1.82) is 5.26 Å². The van der Waals surface area contributed by atoms with Gasteiger partial charge in [-0.25, -0.2) is 0 Å². The van der Waals surface area contributed by atoms with Crippen LogP contribution in [0.2, 0.25) is 0 Å². The molecule has 3 nitrogen and oxygen atoms in total. The van der Waals surface area contributed by atoms with Gasteiger partial charge in [0.15, 0.2) is 0 Å². The molecule has 1 rings (SSSR count). The first kappa shape index (κ1) is 11.3. The molecule has 0 heterocycles. The summed E-state index contributed by atoms with van der Waals surface area (Å²) in [5.74, 6) is -0.203. The fourth-order valence-electron chi connectivity index (χ4n) is 1.36. The molecule has 0 radical (unpaired) electrons. The van der Waals surface area contributed by atoms with E-state index < -0.39 is 0 Å². The van der Waals surface area contributed by atoms with Gasteiger partial charge in [-0.3, -0.25) is 4.79 Å². The molecule has 0 spiro atoms. The van der Waals surface area contributed by atoms with Crippen LogP contribution in [0.25, 0.3) is 0 Å². The predicted molar refractivity (Wildman–Crippen MR) is 58.1 cm³/mol. The molecule has 1 aromatic rings. The molecule has 0 atom stereocenters. The van der Waals surface area contributed by atoms with Crippen LogP contribution in [0, 0.1) is 18.3 Å². The molecule has 1 amide bonds. The van der Waals surface area contributed by atoms with E-state index in [-0.39, 0.29) is 12.3 Å². The Labute approximate surface area is 89.7 Å². The van der Waals surface area contributed by atoms with Crippen LogP contribution in [-0.2, 0) is 11.2 Å². The van der Waals surface area contributed by atoms with Crippen molar-refractivity contribution in [3.05, 3.63) is 35.4 Å². The maximum absolute atomic E-state index is 11.0. The smallest absolute Gasteiger partial charge is 0.234 e. The van der Waals surface area contributed by atoms with E-state index in [0.29, 0.717) is 6.54 Å². The zero-order valence-corrected chi connectivity index (χ0v) is 8.79. The summed E-state index contributed by atoms with van der Waals surface area (Å²) in [6.07, 6.45) is 0.748. The fraction of sp³-hybridized carbons (Fsp3) is 0.333. The van der Waals surface area contributed by atoms with E-state index in [1.807, 2.05) is 37.3 Å². The van der Waals surface area contributed by atoms with Gasteiger partial charge < -0.3 is 5.32 Å². The van der Waals surface area contributed by atoms with Gasteiger partial charge >= 0.3 is 0 Å². The van der Waals surface area contributed by atoms with E-state index in [0.717, 1.165) is 6.42 Å². The second-order valence-electron chi connectivity index (χ2n) is 3.36. The molecule has 15 heavy (non-hydrogen) atoms. The number of rotatable bonds is 4. The molecular formula is C12H14N2O. The normalized spacial score (nSPS) is 9.33. The molecule has 0 saturated carbocycles. The average Bonchev–Trinajstić information content (AvgIpc) is 2.21. The number of nitrogens with one attached hydrogen (secondary N) is 1. The average molecular weight is 202 g/mol. The molecule has 0 fully saturated rings. The molecule has 0 aliphatic rings. The highest BCUT2D eigenvalue weighted by molar-refractivity contribution is 5.77. The van der Waals surface area contributed by atoms with Gasteiger partial charge in [0.1, 0.15) is 6.42 Å². The summed E-state index contributed by atoms with van der Waals surface area (Å²) in [5, 5.41) is 11.0. The molecule has 0 bridgehead atoms. The van der Waals surface area contributed by atoms with Crippen molar-refractivity contribution >= 4 is 5.91 Å². The summed E-state index contributed by atoms with van der Waals surface area (Å²) in [7, 11) is 0. The minimum absolute atomic E-state index is 0.0617. The lowest BCUT2D eigenvalue weighted by Gasteiger charge is -2.05. The van der Waals surface area contributed by atoms with Crippen LogP contribution in [0.1, 0.15) is 17.5 Å². The lowest BCUT2D eigenvalue weighted by Crippen LogP contribution is -2.25. The van der Waals surface area contributed by atoms with Gasteiger partial charge in [-0.15, -0.1) is 0 Å². The number of carbonyl (C=O) groups excluding carboxylic acids is 1. The van der Waals surface area contributed by atoms with Crippen LogP contribution in [0.4, 0.5) is 0 Å². The van der Waals surface area contributed by atoms with Crippen molar-refractivity contribution in [1.82, 2.24) is 5.32 Å². The maximum Gasteiger partial charge on any atom is 0.234 e. The summed E-state index contributed by atoms with van der Waals surface area (Å²) in [4.78, 5) is 11.0. The monoisotopic (exact) mass is 202 g/mol. The number of nitriles is 1. The number of hydrogen-bond acceptors (Lipinski definition) is 2. The number of hydrogen-bond donors (Lipinski definition) is 1. The first-order chi connectivity index (χ1) is 7.24. The third-order valence-electron chi connectivity index (χ3n) is 2.22. The van der Waals surface area contributed by atoms with Crippen molar-refractivity contribution in [3.63, 3.8) is 0 Å². The van der Waals surface area contributed by atoms with Crippen molar-refractivity contribution in [2.75, 3.05) is 6.54 Å². The maximum atomic E-state index is 11.0. The SMILES string of the molecule is Cc1ccccc1CCNC(=O)CC#N. The van der Waals surface area contributed by atoms with Crippen LogP contribution in [0.3, 0.4) is 0 Å². The Balaban J connectivity index is 2.36. The second-order valence-corrected chi connectivity index (χ2v) is 3.36. The Morgan fingerprint density at radius 2 is 2.20 bits per heavy atom. The summed E-state index contributed by atoms with van der Waals surface area (Å²) >= 11 is 0. The van der Waals surface area contributed by atoms with Crippen LogP contribution in [0.15, 0.2) is 24.3 Å². The van der Waals surface area contributed by atoms with Gasteiger partial charge in [0, 0.05) is 6.54 Å². The molecule has 0 aliphatic heterocycles. The first-order valence-electron chi connectivity index (χ1n) is 4.92. The molecule has 1 aromatic carbocycles. The van der Waals surface area contributed by atoms with E-state index in [4.69, 9.17) is 5.26 Å². The number of amides is 1. The Bertz CT molecular complexity index is 379. The topological polar surface area (TPSA) is 52.9 Å². The predicted octanol–water partition coefficient (Wildman–Crippen LogP) is 1.57. The van der Waals surface area contributed by atoms with Crippen molar-refractivity contribution in [2.45, 2.75) is 19.8 Å². The van der Waals surface area contributed by atoms with Crippen molar-refractivity contribution < 1.29 is 4.79 Å². The number of aryl methyl sites for hydroxylation is 1. The van der Waals surface area contributed by atoms with Gasteiger partial charge in [-0.2, -0.15) is 5.26 Å². The van der Waals surface area contributed by atoms with Crippen molar-refractivity contribution in [3.8, 4) is 6.07 Å². The third-order valence-corrected chi connectivity index (χ3v) is 2.22. The molecule has 0 aromatic heterocycles. The number of benzene rings is 1. The molecule has 1 N–H and O–H groups in total. The van der Waals surface area contributed by atoms with Gasteiger partial charge in [-0.1, -0.05) is 24.3 Å². The van der Waals surface area contributed by atoms with E-state index in [9.17, 15) is 4.79 Å². The number of carbonyl (C=O) groups is 1. The Morgan fingerprint density at radius 3 is 2.87 bits per heavy atom. The fourth-order valence-corrected chi connectivity index (χ4v) is 1.36. The minimum atomic E-state index is -0.203. The van der Waals surface area contributed by atoms with Gasteiger partial charge in [0.25, 0.3) is 0 Å². The van der Waals surface area contributed by atoms with Crippen molar-refractivity contribution in [2.24, 2.45) is 0 Å². The Morgan fingerprint density at radius 1 is 1.47 bits per heavy atom. The van der Waals surface area contributed by atoms with Gasteiger partial charge in [-0.05, 0) is 24.5 Å². The summed E-state index contributed by atoms with van der Waals surface area (Å²) in [5.41, 5.74) is 2.46. The third kappa shape index (κ3) is 3.82. The molecular weight excluding hydrogens is 188 g/mol. The van der Waals surface area contributed by atoms with E-state index in [1.54, 1.807) is 0 Å². The largest absolute Gasteiger partial charge is 0.355 e. The molecule has 3 heteroatoms. The highest BCUT2D eigenvalue weighted by Crippen LogP contribution is 2.06. The van der Waals surface area contributed by atoms with Crippen LogP contribution < -0.4 is 5.32 Å². The Kier molecular flexibility index (Phi) is 4.36. The Hall–Kier alpha value is -1.82. The highest BCUT2D eigenvalue weighted by Gasteiger charge is 2.00. The minimum Gasteiger partial charge on any atom is -0.355 e. The van der Waals surface area contributed by atoms with Gasteiger partial charge in [0.05, 0.1) is 6.07 Å². The molecule has 78 valence electrons. The van der Waals surface area contributed by atoms with Gasteiger partial charge in [0.2, 0.25) is 5.91 Å². The molecule has 0 unspecified atom stereocenters. The second kappa shape index (κ2) is 5.82.